The standard InChI is InChI=1S/C46H67BF2N6O8S/c1-9-13-30-24-37(53(5)26-30)45(61)52-40(44-42(59)41(58)43(60)46(63-44)64-8)28(3)51-39(57)14-11-10-12-23-50-38(56)22-20-34-27(2)36(55(29(34)4)47(48)49)25-32-17-21-35(54(32)6)31-15-18-33(62-7)19-16-31/h15-19,21,25,28,30,37,40-44,46,58-60H,9-14,20,22-24,26H2,1-8H3,(H2-,50,51,52,56,57,61)/p+2/t28-,30?,37+,40-,41+,42?,43-,44?,46-/m1/s1. The Labute approximate surface area is 381 Å². The van der Waals surface area contributed by atoms with E-state index in [4.69, 9.17) is 9.47 Å². The van der Waals surface area contributed by atoms with Crippen molar-refractivity contribution < 1.29 is 57.2 Å². The monoisotopic (exact) mass is 914 g/mol. The molecule has 10 atom stereocenters. The van der Waals surface area contributed by atoms with Gasteiger partial charge in [0, 0.05) is 80.3 Å². The number of carbonyl (C=O) groups is 3. The number of likely N-dealkylation sites (N-methyl/N-ethyl adjacent to an activating group) is 1. The van der Waals surface area contributed by atoms with Crippen molar-refractivity contribution in [2.24, 2.45) is 13.0 Å². The summed E-state index contributed by atoms with van der Waals surface area (Å²) in [6.45, 7) is 8.58. The molecular weight excluding hydrogens is 845 g/mol. The second-order valence-electron chi connectivity index (χ2n) is 17.5. The molecule has 352 valence electrons. The molecule has 1 aromatic carbocycles. The van der Waals surface area contributed by atoms with Crippen molar-refractivity contribution in [2.75, 3.05) is 33.5 Å². The molecule has 0 radical (unpaired) electrons. The van der Waals surface area contributed by atoms with Crippen molar-refractivity contribution >= 4 is 48.7 Å². The van der Waals surface area contributed by atoms with E-state index in [-0.39, 0.29) is 36.6 Å². The normalized spacial score (nSPS) is 26.3. The fourth-order valence-corrected chi connectivity index (χ4v) is 10.1. The van der Waals surface area contributed by atoms with Crippen LogP contribution in [0.1, 0.15) is 91.2 Å². The van der Waals surface area contributed by atoms with E-state index < -0.39 is 49.3 Å². The minimum atomic E-state index is -2.76. The minimum Gasteiger partial charge on any atom is -0.497 e. The largest absolute Gasteiger partial charge is 0.934 e. The number of nitrogens with one attached hydrogen (secondary N) is 4. The highest BCUT2D eigenvalue weighted by atomic mass is 32.2. The van der Waals surface area contributed by atoms with Crippen LogP contribution in [0.25, 0.3) is 17.3 Å². The van der Waals surface area contributed by atoms with Gasteiger partial charge in [-0.05, 0) is 87.7 Å². The molecule has 2 aromatic rings. The number of allylic oxidation sites excluding steroid dienone is 2. The van der Waals surface area contributed by atoms with Crippen LogP contribution in [0, 0.1) is 5.92 Å². The molecule has 3 amide bonds. The molecule has 3 aliphatic rings. The van der Waals surface area contributed by atoms with Crippen LogP contribution in [0.5, 0.6) is 5.75 Å². The number of aliphatic hydroxyl groups is 3. The molecule has 1 aromatic heterocycles. The number of quaternary nitrogens is 1. The quantitative estimate of drug-likeness (QED) is 0.0733. The number of amides is 3. The van der Waals surface area contributed by atoms with Crippen LogP contribution in [0.4, 0.5) is 8.63 Å². The molecule has 7 N–H and O–H groups in total. The summed E-state index contributed by atoms with van der Waals surface area (Å²) < 4.78 is 43.3. The van der Waals surface area contributed by atoms with E-state index in [9.17, 15) is 38.3 Å². The number of methoxy groups -OCH3 is 1. The lowest BCUT2D eigenvalue weighted by molar-refractivity contribution is -0.884. The Bertz CT molecular complexity index is 2030. The molecule has 0 bridgehead atoms. The highest BCUT2D eigenvalue weighted by molar-refractivity contribution is 7.99. The zero-order valence-corrected chi connectivity index (χ0v) is 39.4. The number of aliphatic hydroxyl groups excluding tert-OH is 3. The number of likely N-dealkylation sites (tertiary alicyclic amines) is 1. The fourth-order valence-electron chi connectivity index (χ4n) is 9.45. The van der Waals surface area contributed by atoms with E-state index in [2.05, 4.69) is 22.9 Å². The summed E-state index contributed by atoms with van der Waals surface area (Å²) in [7, 11) is 2.72. The molecule has 14 nitrogen and oxygen atoms in total. The third kappa shape index (κ3) is 12.2. The fraction of sp³-hybridized carbons (Fsp3) is 0.609. The summed E-state index contributed by atoms with van der Waals surface area (Å²) in [4.78, 5) is 40.9. The second-order valence-corrected chi connectivity index (χ2v) is 18.5. The minimum absolute atomic E-state index is 0.128. The molecule has 4 unspecified atom stereocenters. The topological polar surface area (TPSA) is 179 Å². The average molecular weight is 915 g/mol. The average Bonchev–Trinajstić information content (AvgIpc) is 3.90. The summed E-state index contributed by atoms with van der Waals surface area (Å²) in [5.41, 5.74) is 4.02. The predicted molar refractivity (Wildman–Crippen MR) is 246 cm³/mol. The van der Waals surface area contributed by atoms with Crippen LogP contribution >= 0.6 is 11.8 Å². The van der Waals surface area contributed by atoms with Crippen molar-refractivity contribution in [3.63, 3.8) is 0 Å². The summed E-state index contributed by atoms with van der Waals surface area (Å²) in [5.74, 6) is 0.479. The molecule has 2 saturated heterocycles. The predicted octanol–water partition coefficient (Wildman–Crippen LogP) is 3.09. The number of aromatic nitrogens is 1. The summed E-state index contributed by atoms with van der Waals surface area (Å²) >= 11 is 1.18. The first-order chi connectivity index (χ1) is 30.5. The van der Waals surface area contributed by atoms with E-state index in [0.29, 0.717) is 60.7 Å². The molecule has 3 aliphatic heterocycles. The number of benzene rings is 1. The first kappa shape index (κ1) is 50.9. The number of hydrogen-bond donors (Lipinski definition) is 7. The molecule has 2 fully saturated rings. The van der Waals surface area contributed by atoms with Crippen molar-refractivity contribution in [3.8, 4) is 17.0 Å². The van der Waals surface area contributed by atoms with Crippen LogP contribution in [0.15, 0.2) is 53.2 Å². The number of thioether (sulfide) groups is 1. The van der Waals surface area contributed by atoms with Crippen LogP contribution in [-0.4, -0.2) is 137 Å². The van der Waals surface area contributed by atoms with Crippen molar-refractivity contribution in [1.29, 1.82) is 0 Å². The molecule has 0 spiro atoms. The Hall–Kier alpha value is -4.07. The van der Waals surface area contributed by atoms with Gasteiger partial charge in [-0.15, -0.1) is 11.8 Å². The second kappa shape index (κ2) is 23.4. The van der Waals surface area contributed by atoms with Crippen molar-refractivity contribution in [3.05, 3.63) is 58.9 Å². The Kier molecular flexibility index (Phi) is 18.6. The van der Waals surface area contributed by atoms with Gasteiger partial charge in [-0.25, -0.2) is 13.1 Å². The Morgan fingerprint density at radius 3 is 2.41 bits per heavy atom. The first-order valence-corrected chi connectivity index (χ1v) is 23.8. The number of unbranched alkanes of at least 4 members (excludes halogenated alkanes) is 2. The number of nitrogens with zero attached hydrogens (tertiary/aromatic N) is 2. The first-order valence-electron chi connectivity index (χ1n) is 22.6. The SMILES string of the molecule is CCCC1C[C@@H](C(=O)N[C@@H](C2O[C@H](SC)[C@H](O)[C@@H](O)C2O)[C@@H](C)NC(=O)CCCCCNC(=O)CCC2=C(C)/C(=C/c3ccc(-c4ccc(OC)cc4)n3C)[N+](B(F)F)=C2C)[NH+](C)C1. The van der Waals surface area contributed by atoms with Crippen LogP contribution in [-0.2, 0) is 26.2 Å². The van der Waals surface area contributed by atoms with Crippen molar-refractivity contribution in [2.45, 2.75) is 133 Å². The maximum atomic E-state index is 14.5. The van der Waals surface area contributed by atoms with Crippen LogP contribution in [0.3, 0.4) is 0 Å². The van der Waals surface area contributed by atoms with Gasteiger partial charge >= 0.3 is 7.40 Å². The lowest BCUT2D eigenvalue weighted by Crippen LogP contribution is -3.12. The third-order valence-electron chi connectivity index (χ3n) is 13.1. The Balaban J connectivity index is 1.10. The van der Waals surface area contributed by atoms with Gasteiger partial charge in [0.1, 0.15) is 35.6 Å². The van der Waals surface area contributed by atoms with E-state index in [0.717, 1.165) is 57.9 Å². The lowest BCUT2D eigenvalue weighted by Gasteiger charge is -2.44. The molecule has 0 saturated carbocycles. The molecule has 4 heterocycles. The molecule has 18 heteroatoms. The van der Waals surface area contributed by atoms with Gasteiger partial charge in [0.2, 0.25) is 11.8 Å². The highest BCUT2D eigenvalue weighted by Gasteiger charge is 2.50. The van der Waals surface area contributed by atoms with E-state index >= 15 is 0 Å². The maximum absolute atomic E-state index is 14.5. The summed E-state index contributed by atoms with van der Waals surface area (Å²) in [6.07, 6.45) is 3.20. The summed E-state index contributed by atoms with van der Waals surface area (Å²) in [5, 5.41) is 41.2. The van der Waals surface area contributed by atoms with Gasteiger partial charge < -0.3 is 50.2 Å². The highest BCUT2D eigenvalue weighted by Crippen LogP contribution is 2.33. The number of ether oxygens (including phenoxy) is 2. The smallest absolute Gasteiger partial charge is 0.497 e. The van der Waals surface area contributed by atoms with Crippen LogP contribution in [0.2, 0.25) is 0 Å². The van der Waals surface area contributed by atoms with Gasteiger partial charge in [0.15, 0.2) is 17.5 Å². The number of hydrogen-bond acceptors (Lipinski definition) is 9. The van der Waals surface area contributed by atoms with Crippen LogP contribution < -0.4 is 25.6 Å². The summed E-state index contributed by atoms with van der Waals surface area (Å²) in [6, 6.07) is 9.58. The third-order valence-corrected chi connectivity index (χ3v) is 14.0. The van der Waals surface area contributed by atoms with Gasteiger partial charge in [-0.1, -0.05) is 19.8 Å². The van der Waals surface area contributed by atoms with Gasteiger partial charge in [0.05, 0.1) is 26.7 Å². The molecule has 5 rings (SSSR count). The van der Waals surface area contributed by atoms with E-state index in [1.165, 1.54) is 11.8 Å². The molecular formula is C46H69BF2N6O8S+2. The van der Waals surface area contributed by atoms with Gasteiger partial charge in [-0.2, -0.15) is 0 Å². The lowest BCUT2D eigenvalue weighted by atomic mass is 9.90. The molecule has 0 aliphatic carbocycles. The number of halogens is 2. The van der Waals surface area contributed by atoms with Gasteiger partial charge in [0.25, 0.3) is 5.91 Å². The van der Waals surface area contributed by atoms with Gasteiger partial charge in [-0.3, -0.25) is 14.4 Å². The molecule has 64 heavy (non-hydrogen) atoms. The zero-order chi connectivity index (χ0) is 46.8. The van der Waals surface area contributed by atoms with E-state index in [1.54, 1.807) is 33.3 Å². The Morgan fingerprint density at radius 2 is 1.75 bits per heavy atom. The number of rotatable bonds is 21. The van der Waals surface area contributed by atoms with Crippen molar-refractivity contribution in [1.82, 2.24) is 20.5 Å². The number of carbonyl (C=O) groups excluding carboxylic acids is 3. The Morgan fingerprint density at radius 1 is 1.03 bits per heavy atom. The maximum Gasteiger partial charge on any atom is 0.934 e. The zero-order valence-electron chi connectivity index (χ0n) is 38.5. The van der Waals surface area contributed by atoms with E-state index in [1.807, 2.05) is 62.0 Å².